The largest absolute Gasteiger partial charge is 0.353 e. The Morgan fingerprint density at radius 1 is 1.58 bits per heavy atom. The summed E-state index contributed by atoms with van der Waals surface area (Å²) in [5, 5.41) is 5.22. The highest BCUT2D eigenvalue weighted by Crippen LogP contribution is 2.38. The van der Waals surface area contributed by atoms with E-state index in [2.05, 4.69) is 31.1 Å². The molecule has 0 unspecified atom stereocenters. The van der Waals surface area contributed by atoms with E-state index in [1.165, 1.54) is 12.8 Å². The van der Waals surface area contributed by atoms with Crippen molar-refractivity contribution >= 4 is 17.2 Å². The van der Waals surface area contributed by atoms with Crippen LogP contribution in [0.5, 0.6) is 0 Å². The number of aryl methyl sites for hydroxylation is 1. The number of nitrogens with one attached hydrogen (secondary N) is 1. The van der Waals surface area contributed by atoms with E-state index < -0.39 is 0 Å². The predicted octanol–water partition coefficient (Wildman–Crippen LogP) is 3.41. The second-order valence-electron chi connectivity index (χ2n) is 6.54. The molecule has 2 atom stereocenters. The minimum atomic E-state index is 0.171. The Morgan fingerprint density at radius 2 is 2.37 bits per heavy atom. The summed E-state index contributed by atoms with van der Waals surface area (Å²) in [6.45, 7) is 6.90. The fourth-order valence-corrected chi connectivity index (χ4v) is 3.64. The highest BCUT2D eigenvalue weighted by Gasteiger charge is 2.32. The zero-order valence-electron chi connectivity index (χ0n) is 12.1. The Hall–Kier alpha value is -0.900. The van der Waals surface area contributed by atoms with Gasteiger partial charge >= 0.3 is 0 Å². The molecular weight excluding hydrogens is 256 g/mol. The van der Waals surface area contributed by atoms with Crippen LogP contribution in [0.2, 0.25) is 0 Å². The first-order chi connectivity index (χ1) is 8.96. The van der Waals surface area contributed by atoms with E-state index in [0.717, 1.165) is 18.5 Å². The third-order valence-corrected chi connectivity index (χ3v) is 4.77. The monoisotopic (exact) mass is 280 g/mol. The van der Waals surface area contributed by atoms with Crippen LogP contribution in [-0.4, -0.2) is 16.9 Å². The van der Waals surface area contributed by atoms with E-state index in [0.29, 0.717) is 23.8 Å². The van der Waals surface area contributed by atoms with Gasteiger partial charge in [0, 0.05) is 17.8 Å². The van der Waals surface area contributed by atoms with Crippen LogP contribution in [0.3, 0.4) is 0 Å². The number of hydrogen-bond donors (Lipinski definition) is 1. The number of nitrogens with zero attached hydrogens (tertiary/aromatic N) is 1. The lowest BCUT2D eigenvalue weighted by Crippen LogP contribution is -2.44. The first-order valence-corrected chi connectivity index (χ1v) is 8.07. The zero-order valence-corrected chi connectivity index (χ0v) is 12.9. The van der Waals surface area contributed by atoms with Crippen molar-refractivity contribution in [3.63, 3.8) is 0 Å². The standard InChI is InChI=1S/C15H24N2OS/c1-11-8-15(2,3)7-6-13(11)17-14(18)5-4-12-9-19-10-16-12/h9-11,13H,4-8H2,1-3H3,(H,17,18)/t11-,13+/m1/s1. The number of carbonyl (C=O) groups excluding carboxylic acids is 1. The maximum Gasteiger partial charge on any atom is 0.220 e. The van der Waals surface area contributed by atoms with Crippen molar-refractivity contribution in [2.75, 3.05) is 0 Å². The van der Waals surface area contributed by atoms with E-state index in [1.54, 1.807) is 11.3 Å². The fourth-order valence-electron chi connectivity index (χ4n) is 3.04. The van der Waals surface area contributed by atoms with Gasteiger partial charge in [-0.15, -0.1) is 11.3 Å². The highest BCUT2D eigenvalue weighted by atomic mass is 32.1. The third-order valence-electron chi connectivity index (χ3n) is 4.13. The van der Waals surface area contributed by atoms with Gasteiger partial charge in [0.1, 0.15) is 0 Å². The Labute approximate surface area is 119 Å². The van der Waals surface area contributed by atoms with Gasteiger partial charge in [-0.2, -0.15) is 0 Å². The molecule has 1 amide bonds. The van der Waals surface area contributed by atoms with Crippen LogP contribution in [0.15, 0.2) is 10.9 Å². The molecule has 1 saturated carbocycles. The average molecular weight is 280 g/mol. The Balaban J connectivity index is 1.76. The van der Waals surface area contributed by atoms with Crippen molar-refractivity contribution in [2.45, 2.75) is 58.9 Å². The first kappa shape index (κ1) is 14.5. The van der Waals surface area contributed by atoms with Gasteiger partial charge in [-0.1, -0.05) is 20.8 Å². The molecule has 1 aromatic heterocycles. The molecule has 0 aromatic carbocycles. The Kier molecular flexibility index (Phi) is 4.61. The summed E-state index contributed by atoms with van der Waals surface area (Å²) in [4.78, 5) is 16.2. The molecule has 19 heavy (non-hydrogen) atoms. The van der Waals surface area contributed by atoms with Crippen molar-refractivity contribution in [3.05, 3.63) is 16.6 Å². The third kappa shape index (κ3) is 4.30. The molecule has 0 bridgehead atoms. The molecule has 3 nitrogen and oxygen atoms in total. The molecule has 0 radical (unpaired) electrons. The molecule has 1 heterocycles. The number of hydrogen-bond acceptors (Lipinski definition) is 3. The van der Waals surface area contributed by atoms with Crippen LogP contribution in [0.1, 0.15) is 52.1 Å². The van der Waals surface area contributed by atoms with Gasteiger partial charge < -0.3 is 5.32 Å². The molecule has 0 aliphatic heterocycles. The normalized spacial score (nSPS) is 26.1. The molecule has 1 aromatic rings. The molecule has 2 rings (SSSR count). The summed E-state index contributed by atoms with van der Waals surface area (Å²) in [7, 11) is 0. The fraction of sp³-hybridized carbons (Fsp3) is 0.733. The average Bonchev–Trinajstić information content (AvgIpc) is 2.83. The minimum Gasteiger partial charge on any atom is -0.353 e. The van der Waals surface area contributed by atoms with Gasteiger partial charge in [-0.05, 0) is 37.0 Å². The van der Waals surface area contributed by atoms with Gasteiger partial charge in [0.15, 0.2) is 0 Å². The molecule has 1 fully saturated rings. The van der Waals surface area contributed by atoms with Gasteiger partial charge in [-0.3, -0.25) is 4.79 Å². The van der Waals surface area contributed by atoms with E-state index >= 15 is 0 Å². The lowest BCUT2D eigenvalue weighted by molar-refractivity contribution is -0.122. The first-order valence-electron chi connectivity index (χ1n) is 7.13. The highest BCUT2D eigenvalue weighted by molar-refractivity contribution is 7.07. The quantitative estimate of drug-likeness (QED) is 0.918. The van der Waals surface area contributed by atoms with Gasteiger partial charge in [0.2, 0.25) is 5.91 Å². The number of amides is 1. The molecule has 0 saturated heterocycles. The molecule has 1 aliphatic carbocycles. The van der Waals surface area contributed by atoms with E-state index in [9.17, 15) is 4.79 Å². The SMILES string of the molecule is C[C@@H]1CC(C)(C)CC[C@@H]1NC(=O)CCc1cscn1. The van der Waals surface area contributed by atoms with Crippen molar-refractivity contribution in [1.82, 2.24) is 10.3 Å². The Bertz CT molecular complexity index is 414. The molecule has 106 valence electrons. The summed E-state index contributed by atoms with van der Waals surface area (Å²) in [5.74, 6) is 0.747. The number of rotatable bonds is 4. The van der Waals surface area contributed by atoms with Gasteiger partial charge in [-0.25, -0.2) is 4.98 Å². The molecular formula is C15H24N2OS. The lowest BCUT2D eigenvalue weighted by atomic mass is 9.70. The maximum absolute atomic E-state index is 12.0. The summed E-state index contributed by atoms with van der Waals surface area (Å²) in [6, 6.07) is 0.357. The second kappa shape index (κ2) is 6.04. The van der Waals surface area contributed by atoms with Gasteiger partial charge in [0.05, 0.1) is 11.2 Å². The lowest BCUT2D eigenvalue weighted by Gasteiger charge is -2.39. The minimum absolute atomic E-state index is 0.171. The van der Waals surface area contributed by atoms with E-state index in [1.807, 2.05) is 10.9 Å². The molecule has 1 N–H and O–H groups in total. The summed E-state index contributed by atoms with van der Waals surface area (Å²) >= 11 is 1.58. The van der Waals surface area contributed by atoms with Crippen molar-refractivity contribution in [2.24, 2.45) is 11.3 Å². The summed E-state index contributed by atoms with van der Waals surface area (Å²) < 4.78 is 0. The van der Waals surface area contributed by atoms with E-state index in [4.69, 9.17) is 0 Å². The van der Waals surface area contributed by atoms with Crippen molar-refractivity contribution in [1.29, 1.82) is 0 Å². The predicted molar refractivity (Wildman–Crippen MR) is 79.2 cm³/mol. The van der Waals surface area contributed by atoms with Crippen LogP contribution in [0.4, 0.5) is 0 Å². The summed E-state index contributed by atoms with van der Waals surface area (Å²) in [6.07, 6.45) is 4.81. The van der Waals surface area contributed by atoms with Crippen LogP contribution in [0, 0.1) is 11.3 Å². The van der Waals surface area contributed by atoms with Crippen LogP contribution in [-0.2, 0) is 11.2 Å². The smallest absolute Gasteiger partial charge is 0.220 e. The van der Waals surface area contributed by atoms with Crippen LogP contribution < -0.4 is 5.32 Å². The topological polar surface area (TPSA) is 42.0 Å². The number of aromatic nitrogens is 1. The number of thiazole rings is 1. The summed E-state index contributed by atoms with van der Waals surface area (Å²) in [5.41, 5.74) is 3.28. The maximum atomic E-state index is 12.0. The van der Waals surface area contributed by atoms with E-state index in [-0.39, 0.29) is 5.91 Å². The van der Waals surface area contributed by atoms with Crippen molar-refractivity contribution < 1.29 is 4.79 Å². The van der Waals surface area contributed by atoms with Crippen LogP contribution in [0.25, 0.3) is 0 Å². The molecule has 1 aliphatic rings. The molecule has 0 spiro atoms. The van der Waals surface area contributed by atoms with Crippen molar-refractivity contribution in [3.8, 4) is 0 Å². The number of carbonyl (C=O) groups is 1. The molecule has 4 heteroatoms. The second-order valence-corrected chi connectivity index (χ2v) is 7.26. The zero-order chi connectivity index (χ0) is 13.9. The Morgan fingerprint density at radius 3 is 3.00 bits per heavy atom. The van der Waals surface area contributed by atoms with Gasteiger partial charge in [0.25, 0.3) is 0 Å². The van der Waals surface area contributed by atoms with Crippen LogP contribution >= 0.6 is 11.3 Å².